The van der Waals surface area contributed by atoms with Crippen molar-refractivity contribution in [1.82, 2.24) is 0 Å². The topological polar surface area (TPSA) is 0 Å². The van der Waals surface area contributed by atoms with Crippen LogP contribution in [0.25, 0.3) is 0 Å². The van der Waals surface area contributed by atoms with Crippen LogP contribution < -0.4 is 0 Å². The molecule has 0 amide bonds. The van der Waals surface area contributed by atoms with E-state index >= 15 is 0 Å². The zero-order valence-corrected chi connectivity index (χ0v) is 8.01. The van der Waals surface area contributed by atoms with E-state index in [1.807, 2.05) is 0 Å². The van der Waals surface area contributed by atoms with E-state index in [9.17, 15) is 0 Å². The number of aryl methyl sites for hydroxylation is 1. The van der Waals surface area contributed by atoms with Gasteiger partial charge >= 0.3 is 0 Å². The standard InChI is InChI=1S/C8H11ClS/c1-5(2)8-4-7(9)6(3)10-8/h4-5H,1-3H3. The van der Waals surface area contributed by atoms with Crippen molar-refractivity contribution in [2.24, 2.45) is 0 Å². The second-order valence-corrected chi connectivity index (χ2v) is 4.40. The molecule has 0 spiro atoms. The van der Waals surface area contributed by atoms with Gasteiger partial charge in [0.2, 0.25) is 0 Å². The first-order chi connectivity index (χ1) is 4.61. The van der Waals surface area contributed by atoms with Gasteiger partial charge in [0.25, 0.3) is 0 Å². The normalized spacial score (nSPS) is 10.9. The number of rotatable bonds is 1. The molecule has 0 fully saturated rings. The van der Waals surface area contributed by atoms with Gasteiger partial charge < -0.3 is 0 Å². The minimum Gasteiger partial charge on any atom is -0.144 e. The summed E-state index contributed by atoms with van der Waals surface area (Å²) in [6.45, 7) is 6.42. The van der Waals surface area contributed by atoms with Gasteiger partial charge in [-0.15, -0.1) is 11.3 Å². The van der Waals surface area contributed by atoms with Crippen LogP contribution in [-0.4, -0.2) is 0 Å². The zero-order chi connectivity index (χ0) is 7.72. The number of thiophene rings is 1. The first kappa shape index (κ1) is 8.09. The first-order valence-corrected chi connectivity index (χ1v) is 4.56. The van der Waals surface area contributed by atoms with Gasteiger partial charge in [0.15, 0.2) is 0 Å². The fourth-order valence-electron chi connectivity index (χ4n) is 0.766. The van der Waals surface area contributed by atoms with E-state index in [4.69, 9.17) is 11.6 Å². The Balaban J connectivity index is 2.98. The summed E-state index contributed by atoms with van der Waals surface area (Å²) in [5.41, 5.74) is 0. The summed E-state index contributed by atoms with van der Waals surface area (Å²) in [5, 5.41) is 0.911. The van der Waals surface area contributed by atoms with Gasteiger partial charge in [-0.3, -0.25) is 0 Å². The average Bonchev–Trinajstić information content (AvgIpc) is 2.13. The van der Waals surface area contributed by atoms with E-state index in [1.54, 1.807) is 11.3 Å². The Morgan fingerprint density at radius 1 is 1.50 bits per heavy atom. The predicted molar refractivity (Wildman–Crippen MR) is 48.2 cm³/mol. The third kappa shape index (κ3) is 1.53. The Morgan fingerprint density at radius 2 is 2.10 bits per heavy atom. The van der Waals surface area contributed by atoms with Gasteiger partial charge in [0.1, 0.15) is 0 Å². The highest BCUT2D eigenvalue weighted by molar-refractivity contribution is 7.12. The minimum absolute atomic E-state index is 0.608. The molecule has 10 heavy (non-hydrogen) atoms. The molecule has 0 saturated heterocycles. The molecule has 1 heterocycles. The summed E-state index contributed by atoms with van der Waals surface area (Å²) in [4.78, 5) is 2.60. The van der Waals surface area contributed by atoms with Crippen molar-refractivity contribution >= 4 is 22.9 Å². The second-order valence-electron chi connectivity index (χ2n) is 2.71. The number of hydrogen-bond acceptors (Lipinski definition) is 1. The maximum absolute atomic E-state index is 5.88. The second kappa shape index (κ2) is 2.93. The van der Waals surface area contributed by atoms with Gasteiger partial charge in [-0.05, 0) is 18.9 Å². The molecule has 0 aromatic carbocycles. The van der Waals surface area contributed by atoms with E-state index in [0.717, 1.165) is 5.02 Å². The maximum atomic E-state index is 5.88. The van der Waals surface area contributed by atoms with Crippen LogP contribution >= 0.6 is 22.9 Å². The number of halogens is 1. The average molecular weight is 175 g/mol. The Labute approximate surface area is 70.8 Å². The van der Waals surface area contributed by atoms with Crippen molar-refractivity contribution in [3.63, 3.8) is 0 Å². The van der Waals surface area contributed by atoms with Gasteiger partial charge in [0, 0.05) is 9.75 Å². The fourth-order valence-corrected chi connectivity index (χ4v) is 1.99. The van der Waals surface area contributed by atoms with E-state index in [2.05, 4.69) is 26.8 Å². The largest absolute Gasteiger partial charge is 0.144 e. The van der Waals surface area contributed by atoms with Crippen LogP contribution in [0.1, 0.15) is 29.5 Å². The van der Waals surface area contributed by atoms with Crippen LogP contribution in [0.4, 0.5) is 0 Å². The molecular weight excluding hydrogens is 164 g/mol. The summed E-state index contributed by atoms with van der Waals surface area (Å²) < 4.78 is 0. The molecule has 0 aliphatic carbocycles. The Bertz CT molecular complexity index is 206. The molecule has 0 radical (unpaired) electrons. The molecule has 0 bridgehead atoms. The molecule has 1 rings (SSSR count). The molecular formula is C8H11ClS. The smallest absolute Gasteiger partial charge is 0.0545 e. The lowest BCUT2D eigenvalue weighted by molar-refractivity contribution is 0.890. The van der Waals surface area contributed by atoms with E-state index in [1.165, 1.54) is 9.75 Å². The lowest BCUT2D eigenvalue weighted by atomic mass is 10.2. The molecule has 0 aliphatic heterocycles. The van der Waals surface area contributed by atoms with Crippen molar-refractivity contribution in [3.8, 4) is 0 Å². The van der Waals surface area contributed by atoms with Crippen LogP contribution in [0.2, 0.25) is 5.02 Å². The van der Waals surface area contributed by atoms with Crippen molar-refractivity contribution in [2.75, 3.05) is 0 Å². The quantitative estimate of drug-likeness (QED) is 0.607. The molecule has 0 N–H and O–H groups in total. The molecule has 0 saturated carbocycles. The van der Waals surface area contributed by atoms with Gasteiger partial charge in [-0.2, -0.15) is 0 Å². The van der Waals surface area contributed by atoms with E-state index < -0.39 is 0 Å². The van der Waals surface area contributed by atoms with Crippen LogP contribution in [-0.2, 0) is 0 Å². The lowest BCUT2D eigenvalue weighted by Crippen LogP contribution is -1.77. The molecule has 0 aliphatic rings. The van der Waals surface area contributed by atoms with Crippen molar-refractivity contribution in [3.05, 3.63) is 20.8 Å². The summed E-state index contributed by atoms with van der Waals surface area (Å²) in [7, 11) is 0. The summed E-state index contributed by atoms with van der Waals surface area (Å²) in [5.74, 6) is 0.608. The summed E-state index contributed by atoms with van der Waals surface area (Å²) in [6.07, 6.45) is 0. The van der Waals surface area contributed by atoms with Gasteiger partial charge in [-0.1, -0.05) is 25.4 Å². The molecule has 1 aromatic rings. The van der Waals surface area contributed by atoms with Crippen molar-refractivity contribution < 1.29 is 0 Å². The van der Waals surface area contributed by atoms with Crippen molar-refractivity contribution in [1.29, 1.82) is 0 Å². The van der Waals surface area contributed by atoms with Gasteiger partial charge in [0.05, 0.1) is 5.02 Å². The molecule has 0 unspecified atom stereocenters. The van der Waals surface area contributed by atoms with Gasteiger partial charge in [-0.25, -0.2) is 0 Å². The molecule has 1 aromatic heterocycles. The Kier molecular flexibility index (Phi) is 2.37. The molecule has 2 heteroatoms. The fraction of sp³-hybridized carbons (Fsp3) is 0.500. The molecule has 0 nitrogen and oxygen atoms in total. The highest BCUT2D eigenvalue weighted by Crippen LogP contribution is 2.30. The number of hydrogen-bond donors (Lipinski definition) is 0. The SMILES string of the molecule is Cc1sc(C(C)C)cc1Cl. The highest BCUT2D eigenvalue weighted by atomic mass is 35.5. The first-order valence-electron chi connectivity index (χ1n) is 3.37. The minimum atomic E-state index is 0.608. The summed E-state index contributed by atoms with van der Waals surface area (Å²) in [6, 6.07) is 2.06. The van der Waals surface area contributed by atoms with Crippen LogP contribution in [0, 0.1) is 6.92 Å². The molecule has 56 valence electrons. The predicted octanol–water partition coefficient (Wildman–Crippen LogP) is 3.83. The van der Waals surface area contributed by atoms with E-state index in [-0.39, 0.29) is 0 Å². The highest BCUT2D eigenvalue weighted by Gasteiger charge is 2.05. The zero-order valence-electron chi connectivity index (χ0n) is 6.44. The van der Waals surface area contributed by atoms with Crippen LogP contribution in [0.3, 0.4) is 0 Å². The van der Waals surface area contributed by atoms with Crippen molar-refractivity contribution in [2.45, 2.75) is 26.7 Å². The summed E-state index contributed by atoms with van der Waals surface area (Å²) >= 11 is 7.67. The Hall–Kier alpha value is -0.0100. The monoisotopic (exact) mass is 174 g/mol. The maximum Gasteiger partial charge on any atom is 0.0545 e. The van der Waals surface area contributed by atoms with Crippen LogP contribution in [0.15, 0.2) is 6.07 Å². The lowest BCUT2D eigenvalue weighted by Gasteiger charge is -1.96. The van der Waals surface area contributed by atoms with E-state index in [0.29, 0.717) is 5.92 Å². The Morgan fingerprint density at radius 3 is 2.30 bits per heavy atom. The third-order valence-electron chi connectivity index (χ3n) is 1.45. The van der Waals surface area contributed by atoms with Crippen LogP contribution in [0.5, 0.6) is 0 Å². The third-order valence-corrected chi connectivity index (χ3v) is 3.30. The molecule has 0 atom stereocenters.